The lowest BCUT2D eigenvalue weighted by Crippen LogP contribution is -2.42. The minimum atomic E-state index is -1.67. The van der Waals surface area contributed by atoms with Gasteiger partial charge in [-0.3, -0.25) is 4.79 Å². The number of ether oxygens (including phenoxy) is 2. The van der Waals surface area contributed by atoms with Crippen LogP contribution in [0, 0.1) is 0 Å². The molecular weight excluding hydrogens is 409 g/mol. The fourth-order valence-electron chi connectivity index (χ4n) is 2.51. The SMILES string of the molecule is COC1(OC)C(=O)C(Br)=Cc2onc(-c3ccc(Cl)cc3Cl)c21. The lowest BCUT2D eigenvalue weighted by molar-refractivity contribution is -0.209. The van der Waals surface area contributed by atoms with Crippen LogP contribution in [-0.4, -0.2) is 25.2 Å². The number of Topliss-reactive ketones (excluding diaryl/α,β-unsaturated/α-hetero) is 1. The van der Waals surface area contributed by atoms with Gasteiger partial charge in [0, 0.05) is 30.9 Å². The number of methoxy groups -OCH3 is 2. The standard InChI is InChI=1S/C15H10BrCl2NO4/c1-21-15(22-2)12-11(6-9(16)14(15)20)23-19-13(12)8-4-3-7(17)5-10(8)18/h3-6H,1-2H3. The van der Waals surface area contributed by atoms with Gasteiger partial charge in [-0.1, -0.05) is 28.4 Å². The molecule has 3 rings (SSSR count). The Bertz CT molecular complexity index is 827. The van der Waals surface area contributed by atoms with Gasteiger partial charge in [0.05, 0.1) is 15.1 Å². The Hall–Kier alpha value is -1.18. The predicted molar refractivity (Wildman–Crippen MR) is 89.6 cm³/mol. The monoisotopic (exact) mass is 417 g/mol. The normalized spacial score (nSPS) is 16.2. The number of ketones is 1. The zero-order valence-electron chi connectivity index (χ0n) is 12.0. The molecule has 0 unspecified atom stereocenters. The lowest BCUT2D eigenvalue weighted by atomic mass is 9.91. The quantitative estimate of drug-likeness (QED) is 0.690. The van der Waals surface area contributed by atoms with Crippen LogP contribution in [0.1, 0.15) is 11.3 Å². The summed E-state index contributed by atoms with van der Waals surface area (Å²) >= 11 is 15.4. The van der Waals surface area contributed by atoms with Crippen LogP contribution in [0.4, 0.5) is 0 Å². The van der Waals surface area contributed by atoms with Gasteiger partial charge in [0.1, 0.15) is 5.69 Å². The average molecular weight is 419 g/mol. The fraction of sp³-hybridized carbons (Fsp3) is 0.200. The minimum absolute atomic E-state index is 0.263. The summed E-state index contributed by atoms with van der Waals surface area (Å²) in [6.45, 7) is 0. The molecule has 1 aliphatic carbocycles. The number of nitrogens with zero attached hydrogens (tertiary/aromatic N) is 1. The van der Waals surface area contributed by atoms with E-state index in [1.807, 2.05) is 0 Å². The van der Waals surface area contributed by atoms with Crippen molar-refractivity contribution in [1.29, 1.82) is 0 Å². The summed E-state index contributed by atoms with van der Waals surface area (Å²) < 4.78 is 16.4. The lowest BCUT2D eigenvalue weighted by Gasteiger charge is -2.31. The molecule has 1 aliphatic rings. The molecular formula is C15H10BrCl2NO4. The number of halogens is 3. The Morgan fingerprint density at radius 3 is 2.57 bits per heavy atom. The number of benzene rings is 1. The fourth-order valence-corrected chi connectivity index (χ4v) is 3.48. The number of hydrogen-bond acceptors (Lipinski definition) is 5. The van der Waals surface area contributed by atoms with Gasteiger partial charge in [-0.2, -0.15) is 0 Å². The van der Waals surface area contributed by atoms with Gasteiger partial charge < -0.3 is 14.0 Å². The van der Waals surface area contributed by atoms with Crippen LogP contribution in [-0.2, 0) is 20.1 Å². The second-order valence-electron chi connectivity index (χ2n) is 4.74. The van der Waals surface area contributed by atoms with Gasteiger partial charge in [-0.15, -0.1) is 0 Å². The molecule has 1 aromatic carbocycles. The van der Waals surface area contributed by atoms with Crippen LogP contribution in [0.2, 0.25) is 10.0 Å². The second-order valence-corrected chi connectivity index (χ2v) is 6.44. The van der Waals surface area contributed by atoms with E-state index in [9.17, 15) is 4.79 Å². The Balaban J connectivity index is 2.31. The molecule has 1 heterocycles. The molecule has 8 heteroatoms. The topological polar surface area (TPSA) is 61.6 Å². The maximum atomic E-state index is 12.6. The molecule has 0 saturated heterocycles. The molecule has 0 bridgehead atoms. The van der Waals surface area contributed by atoms with Crippen molar-refractivity contribution in [2.75, 3.05) is 14.2 Å². The first-order chi connectivity index (χ1) is 10.9. The van der Waals surface area contributed by atoms with Crippen molar-refractivity contribution in [3.8, 4) is 11.3 Å². The summed E-state index contributed by atoms with van der Waals surface area (Å²) in [4.78, 5) is 12.6. The van der Waals surface area contributed by atoms with Gasteiger partial charge in [-0.05, 0) is 34.1 Å². The third kappa shape index (κ3) is 2.45. The van der Waals surface area contributed by atoms with Crippen molar-refractivity contribution in [2.45, 2.75) is 5.79 Å². The van der Waals surface area contributed by atoms with E-state index in [4.69, 9.17) is 37.2 Å². The maximum Gasteiger partial charge on any atom is 0.267 e. The van der Waals surface area contributed by atoms with E-state index < -0.39 is 11.6 Å². The Kier molecular flexibility index (Phi) is 4.37. The molecule has 0 amide bonds. The number of carbonyl (C=O) groups excluding carboxylic acids is 1. The number of hydrogen-bond donors (Lipinski definition) is 0. The van der Waals surface area contributed by atoms with Crippen LogP contribution in [0.5, 0.6) is 0 Å². The van der Waals surface area contributed by atoms with Crippen LogP contribution >= 0.6 is 39.1 Å². The molecule has 0 fully saturated rings. The number of rotatable bonds is 3. The van der Waals surface area contributed by atoms with E-state index in [1.165, 1.54) is 20.3 Å². The predicted octanol–water partition coefficient (Wildman–Crippen LogP) is 4.41. The summed E-state index contributed by atoms with van der Waals surface area (Å²) in [6.07, 6.45) is 1.52. The molecule has 1 aromatic heterocycles. The van der Waals surface area contributed by atoms with Gasteiger partial charge >= 0.3 is 0 Å². The number of carbonyl (C=O) groups is 1. The molecule has 120 valence electrons. The highest BCUT2D eigenvalue weighted by Crippen LogP contribution is 2.45. The van der Waals surface area contributed by atoms with E-state index in [0.29, 0.717) is 32.6 Å². The highest BCUT2D eigenvalue weighted by atomic mass is 79.9. The average Bonchev–Trinajstić information content (AvgIpc) is 2.93. The molecule has 0 atom stereocenters. The van der Waals surface area contributed by atoms with E-state index in [-0.39, 0.29) is 4.48 Å². The van der Waals surface area contributed by atoms with Gasteiger partial charge in [-0.25, -0.2) is 0 Å². The Morgan fingerprint density at radius 1 is 1.26 bits per heavy atom. The molecule has 0 N–H and O–H groups in total. The molecule has 2 aromatic rings. The van der Waals surface area contributed by atoms with E-state index in [1.54, 1.807) is 18.2 Å². The van der Waals surface area contributed by atoms with Crippen LogP contribution in [0.15, 0.2) is 27.2 Å². The third-order valence-corrected chi connectivity index (χ3v) is 4.72. The van der Waals surface area contributed by atoms with Crippen molar-refractivity contribution in [2.24, 2.45) is 0 Å². The largest absolute Gasteiger partial charge is 0.356 e. The van der Waals surface area contributed by atoms with Crippen molar-refractivity contribution in [1.82, 2.24) is 5.16 Å². The smallest absolute Gasteiger partial charge is 0.267 e. The number of fused-ring (bicyclic) bond motifs is 1. The first-order valence-electron chi connectivity index (χ1n) is 6.42. The zero-order chi connectivity index (χ0) is 16.8. The van der Waals surface area contributed by atoms with Crippen molar-refractivity contribution in [3.05, 3.63) is 44.1 Å². The molecule has 0 radical (unpaired) electrons. The highest BCUT2D eigenvalue weighted by molar-refractivity contribution is 9.12. The second kappa shape index (κ2) is 6.03. The molecule has 0 aliphatic heterocycles. The van der Waals surface area contributed by atoms with Gasteiger partial charge in [0.15, 0.2) is 5.76 Å². The highest BCUT2D eigenvalue weighted by Gasteiger charge is 2.50. The number of aromatic nitrogens is 1. The van der Waals surface area contributed by atoms with Crippen LogP contribution in [0.25, 0.3) is 17.3 Å². The van der Waals surface area contributed by atoms with Crippen LogP contribution in [0.3, 0.4) is 0 Å². The van der Waals surface area contributed by atoms with Crippen LogP contribution < -0.4 is 0 Å². The van der Waals surface area contributed by atoms with Gasteiger partial charge in [0.2, 0.25) is 5.78 Å². The van der Waals surface area contributed by atoms with Crippen molar-refractivity contribution < 1.29 is 18.8 Å². The van der Waals surface area contributed by atoms with E-state index in [0.717, 1.165) is 0 Å². The van der Waals surface area contributed by atoms with E-state index in [2.05, 4.69) is 21.1 Å². The minimum Gasteiger partial charge on any atom is -0.356 e. The summed E-state index contributed by atoms with van der Waals surface area (Å²) in [7, 11) is 2.74. The summed E-state index contributed by atoms with van der Waals surface area (Å²) in [6, 6.07) is 4.94. The molecule has 5 nitrogen and oxygen atoms in total. The molecule has 0 saturated carbocycles. The van der Waals surface area contributed by atoms with E-state index >= 15 is 0 Å². The third-order valence-electron chi connectivity index (χ3n) is 3.58. The summed E-state index contributed by atoms with van der Waals surface area (Å²) in [5.41, 5.74) is 1.27. The Morgan fingerprint density at radius 2 is 1.96 bits per heavy atom. The first kappa shape index (κ1) is 16.7. The zero-order valence-corrected chi connectivity index (χ0v) is 15.1. The summed E-state index contributed by atoms with van der Waals surface area (Å²) in [5, 5.41) is 4.90. The van der Waals surface area contributed by atoms with Crippen molar-refractivity contribution >= 4 is 51.0 Å². The van der Waals surface area contributed by atoms with Gasteiger partial charge in [0.25, 0.3) is 5.79 Å². The maximum absolute atomic E-state index is 12.6. The van der Waals surface area contributed by atoms with Crippen molar-refractivity contribution in [3.63, 3.8) is 0 Å². The molecule has 0 spiro atoms. The molecule has 23 heavy (non-hydrogen) atoms. The summed E-state index contributed by atoms with van der Waals surface area (Å²) in [5.74, 6) is -1.72. The first-order valence-corrected chi connectivity index (χ1v) is 7.97. The Labute approximate surface area is 150 Å².